The van der Waals surface area contributed by atoms with Crippen LogP contribution in [0.3, 0.4) is 0 Å². The second kappa shape index (κ2) is 24.6. The molecule has 16 heteroatoms. The van der Waals surface area contributed by atoms with E-state index in [2.05, 4.69) is 0 Å². The summed E-state index contributed by atoms with van der Waals surface area (Å²) in [5.74, 6) is -1.19. The van der Waals surface area contributed by atoms with E-state index in [1.54, 1.807) is 0 Å². The predicted molar refractivity (Wildman–Crippen MR) is 104 cm³/mol. The van der Waals surface area contributed by atoms with Crippen LogP contribution in [0.25, 0.3) is 0 Å². The number of aliphatic hydroxyl groups excluding tert-OH is 14. The lowest BCUT2D eigenvalue weighted by molar-refractivity contribution is -0.145. The molecule has 0 aromatic heterocycles. The van der Waals surface area contributed by atoms with Crippen LogP contribution < -0.4 is 0 Å². The summed E-state index contributed by atoms with van der Waals surface area (Å²) in [7, 11) is 0. The summed E-state index contributed by atoms with van der Waals surface area (Å²) in [5.41, 5.74) is 0. The molecule has 0 radical (unpaired) electrons. The largest absolute Gasteiger partial charge is 0.479 e. The van der Waals surface area contributed by atoms with E-state index in [9.17, 15) is 4.79 Å². The average molecular weight is 486 g/mol. The molecule has 0 heterocycles. The van der Waals surface area contributed by atoms with Crippen LogP contribution in [0.15, 0.2) is 0 Å². The fraction of sp³-hybridized carbons (Fsp3) is 0.938. The molecule has 0 rings (SSSR count). The third-order valence-electron chi connectivity index (χ3n) is 3.16. The molecule has 15 N–H and O–H groups in total. The van der Waals surface area contributed by atoms with Crippen LogP contribution in [0.1, 0.15) is 6.92 Å². The summed E-state index contributed by atoms with van der Waals surface area (Å²) in [6, 6.07) is 0. The Labute approximate surface area is 183 Å². The highest BCUT2D eigenvalue weighted by molar-refractivity contribution is 5.71. The van der Waals surface area contributed by atoms with Gasteiger partial charge in [0.1, 0.15) is 48.8 Å². The van der Waals surface area contributed by atoms with Gasteiger partial charge < -0.3 is 76.6 Å². The Bertz CT molecular complexity index is 356. The number of carboxylic acid groups (broad SMARTS) is 1. The molecule has 16 nitrogen and oxygen atoms in total. The Hall–Kier alpha value is -1.09. The van der Waals surface area contributed by atoms with Crippen LogP contribution in [0.5, 0.6) is 0 Å². The zero-order chi connectivity index (χ0) is 26.4. The zero-order valence-corrected chi connectivity index (χ0v) is 17.5. The Kier molecular flexibility index (Phi) is 29.3. The van der Waals surface area contributed by atoms with Crippen molar-refractivity contribution in [3.63, 3.8) is 0 Å². The van der Waals surface area contributed by atoms with Crippen molar-refractivity contribution >= 4 is 5.97 Å². The molecule has 0 aromatic carbocycles. The van der Waals surface area contributed by atoms with Gasteiger partial charge in [0.25, 0.3) is 0 Å². The fourth-order valence-corrected chi connectivity index (χ4v) is 0.959. The lowest BCUT2D eigenvalue weighted by atomic mass is 10.1. The minimum Gasteiger partial charge on any atom is -0.479 e. The average Bonchev–Trinajstić information content (AvgIpc) is 2.81. The normalized spacial score (nSPS) is 17.8. The van der Waals surface area contributed by atoms with Crippen molar-refractivity contribution in [1.82, 2.24) is 0 Å². The van der Waals surface area contributed by atoms with Gasteiger partial charge in [0.2, 0.25) is 0 Å². The van der Waals surface area contributed by atoms with Gasteiger partial charge in [-0.3, -0.25) is 0 Å². The molecular weight excluding hydrogens is 448 g/mol. The molecule has 0 aromatic rings. The van der Waals surface area contributed by atoms with Crippen LogP contribution in [0.4, 0.5) is 0 Å². The topological polar surface area (TPSA) is 321 Å². The summed E-state index contributed by atoms with van der Waals surface area (Å²) < 4.78 is 0. The molecule has 32 heavy (non-hydrogen) atoms. The van der Waals surface area contributed by atoms with Gasteiger partial charge in [-0.1, -0.05) is 0 Å². The van der Waals surface area contributed by atoms with E-state index >= 15 is 0 Å². The van der Waals surface area contributed by atoms with Crippen molar-refractivity contribution < 1.29 is 81.4 Å². The van der Waals surface area contributed by atoms with Crippen LogP contribution in [-0.4, -0.2) is 171 Å². The maximum Gasteiger partial charge on any atom is 0.332 e. The maximum atomic E-state index is 9.45. The third-order valence-corrected chi connectivity index (χ3v) is 3.16. The summed E-state index contributed by atoms with van der Waals surface area (Å²) in [5, 5.41) is 125. The van der Waals surface area contributed by atoms with Crippen LogP contribution in [-0.2, 0) is 4.79 Å². The van der Waals surface area contributed by atoms with Gasteiger partial charge >= 0.3 is 5.97 Å². The molecule has 0 spiro atoms. The monoisotopic (exact) mass is 486 g/mol. The zero-order valence-electron chi connectivity index (χ0n) is 17.5. The van der Waals surface area contributed by atoms with Gasteiger partial charge in [0, 0.05) is 0 Å². The molecule has 0 saturated heterocycles. The highest BCUT2D eigenvalue weighted by Gasteiger charge is 2.22. The minimum absolute atomic E-state index is 0.526. The standard InChI is InChI=1S/C5H12O5.2C4H10O4.C3H6O3/c6-1-3(8)5(10)4(9)2-7;2*5-1-3(7)4(8)2-6;1-2(4)3(5)6/h3-10H,1-2H2;2*3-8H,1-2H2;2,4H,1H3,(H,5,6)/t3-,4+,5+;3-,4+;3-,4-;/m..1./s1. The SMILES string of the molecule is CC(O)C(=O)O.OC[C@@H](O)[C@@H](O)CO.OC[C@@H](O)[C@H](O)CO.OC[C@@H](O)[C@H](O)[C@@H](O)CO. The lowest BCUT2D eigenvalue weighted by Crippen LogP contribution is -2.41. The first kappa shape index (κ1) is 38.2. The number of hydrogen-bond acceptors (Lipinski definition) is 15. The van der Waals surface area contributed by atoms with Gasteiger partial charge in [0.05, 0.1) is 39.6 Å². The van der Waals surface area contributed by atoms with Gasteiger partial charge in [-0.15, -0.1) is 0 Å². The van der Waals surface area contributed by atoms with E-state index in [1.165, 1.54) is 6.92 Å². The molecule has 0 fully saturated rings. The predicted octanol–water partition coefficient (Wildman–Crippen LogP) is -8.11. The number of carboxylic acids is 1. The van der Waals surface area contributed by atoms with Crippen molar-refractivity contribution in [1.29, 1.82) is 0 Å². The van der Waals surface area contributed by atoms with E-state index in [0.29, 0.717) is 0 Å². The Morgan fingerprint density at radius 3 is 0.750 bits per heavy atom. The Morgan fingerprint density at radius 1 is 0.500 bits per heavy atom. The molecular formula is C16H38O16. The van der Waals surface area contributed by atoms with E-state index in [1.807, 2.05) is 0 Å². The molecule has 198 valence electrons. The second-order valence-corrected chi connectivity index (χ2v) is 6.00. The third kappa shape index (κ3) is 23.6. The molecule has 0 amide bonds. The summed E-state index contributed by atoms with van der Waals surface area (Å²) in [6.45, 7) is -2.19. The molecule has 0 bridgehead atoms. The smallest absolute Gasteiger partial charge is 0.332 e. The molecule has 1 unspecified atom stereocenters. The van der Waals surface area contributed by atoms with Crippen molar-refractivity contribution in [3.05, 3.63) is 0 Å². The second-order valence-electron chi connectivity index (χ2n) is 6.00. The van der Waals surface area contributed by atoms with Crippen molar-refractivity contribution in [2.45, 2.75) is 55.8 Å². The van der Waals surface area contributed by atoms with E-state index in [4.69, 9.17) is 76.6 Å². The quantitative estimate of drug-likeness (QED) is 0.129. The molecule has 0 aliphatic carbocycles. The number of hydrogen-bond donors (Lipinski definition) is 15. The van der Waals surface area contributed by atoms with E-state index in [-0.39, 0.29) is 0 Å². The van der Waals surface area contributed by atoms with Crippen LogP contribution in [0, 0.1) is 0 Å². The number of rotatable bonds is 11. The van der Waals surface area contributed by atoms with Crippen LogP contribution >= 0.6 is 0 Å². The number of carbonyl (C=O) groups is 1. The molecule has 8 atom stereocenters. The molecule has 0 aliphatic heterocycles. The Morgan fingerprint density at radius 2 is 0.656 bits per heavy atom. The fourth-order valence-electron chi connectivity index (χ4n) is 0.959. The molecule has 0 aliphatic rings. The van der Waals surface area contributed by atoms with E-state index < -0.39 is 94.4 Å². The Balaban J connectivity index is -0.000000166. The van der Waals surface area contributed by atoms with E-state index in [0.717, 1.165) is 0 Å². The van der Waals surface area contributed by atoms with Crippen molar-refractivity contribution in [2.75, 3.05) is 39.6 Å². The first-order valence-electron chi connectivity index (χ1n) is 9.04. The van der Waals surface area contributed by atoms with Gasteiger partial charge in [-0.25, -0.2) is 4.79 Å². The lowest BCUT2D eigenvalue weighted by Gasteiger charge is -2.19. The first-order valence-corrected chi connectivity index (χ1v) is 9.04. The molecule has 0 saturated carbocycles. The number of aliphatic hydroxyl groups is 14. The van der Waals surface area contributed by atoms with Gasteiger partial charge in [0.15, 0.2) is 0 Å². The minimum atomic E-state index is -1.49. The van der Waals surface area contributed by atoms with Gasteiger partial charge in [-0.05, 0) is 6.92 Å². The highest BCUT2D eigenvalue weighted by atomic mass is 16.4. The van der Waals surface area contributed by atoms with Crippen molar-refractivity contribution in [2.24, 2.45) is 0 Å². The first-order chi connectivity index (χ1) is 14.7. The summed E-state index contributed by atoms with van der Waals surface area (Å²) in [4.78, 5) is 9.45. The summed E-state index contributed by atoms with van der Waals surface area (Å²) in [6.07, 6.45) is -10.4. The maximum absolute atomic E-state index is 9.45. The van der Waals surface area contributed by atoms with Crippen LogP contribution in [0.2, 0.25) is 0 Å². The summed E-state index contributed by atoms with van der Waals surface area (Å²) >= 11 is 0. The van der Waals surface area contributed by atoms with Crippen molar-refractivity contribution in [3.8, 4) is 0 Å². The highest BCUT2D eigenvalue weighted by Crippen LogP contribution is 1.98. The number of aliphatic carboxylic acids is 1. The van der Waals surface area contributed by atoms with Gasteiger partial charge in [-0.2, -0.15) is 0 Å².